The second kappa shape index (κ2) is 11.2. The number of methoxy groups -OCH3 is 1. The Balaban J connectivity index is 2.16. The zero-order chi connectivity index (χ0) is 23.0. The van der Waals surface area contributed by atoms with Crippen LogP contribution in [0.4, 0.5) is 0 Å². The highest BCUT2D eigenvalue weighted by atomic mass is 32.2. The molecule has 2 aromatic carbocycles. The SMILES string of the molecule is COc1ccc(S(=O)(=O)Oc2cccc(CN(CCN(C)C)C(=O)CC(C)C)c2)cc1. The van der Waals surface area contributed by atoms with Crippen LogP contribution in [0.25, 0.3) is 0 Å². The molecule has 0 bridgehead atoms. The van der Waals surface area contributed by atoms with Gasteiger partial charge >= 0.3 is 10.1 Å². The fraction of sp³-hybridized carbons (Fsp3) is 0.435. The molecule has 0 fully saturated rings. The largest absolute Gasteiger partial charge is 0.497 e. The van der Waals surface area contributed by atoms with Gasteiger partial charge < -0.3 is 18.7 Å². The van der Waals surface area contributed by atoms with Gasteiger partial charge in [0.2, 0.25) is 5.91 Å². The maximum atomic E-state index is 12.7. The van der Waals surface area contributed by atoms with E-state index in [2.05, 4.69) is 0 Å². The number of carbonyl (C=O) groups is 1. The van der Waals surface area contributed by atoms with E-state index >= 15 is 0 Å². The summed E-state index contributed by atoms with van der Waals surface area (Å²) in [6, 6.07) is 12.8. The summed E-state index contributed by atoms with van der Waals surface area (Å²) in [5.74, 6) is 1.11. The number of hydrogen-bond acceptors (Lipinski definition) is 6. The number of carbonyl (C=O) groups excluding carboxylic acids is 1. The van der Waals surface area contributed by atoms with Gasteiger partial charge in [-0.25, -0.2) is 0 Å². The molecule has 0 unspecified atom stereocenters. The summed E-state index contributed by atoms with van der Waals surface area (Å²) in [5, 5.41) is 0. The van der Waals surface area contributed by atoms with Crippen LogP contribution in [0.3, 0.4) is 0 Å². The van der Waals surface area contributed by atoms with Gasteiger partial charge in [-0.05, 0) is 62.0 Å². The van der Waals surface area contributed by atoms with E-state index in [1.807, 2.05) is 38.9 Å². The van der Waals surface area contributed by atoms with Crippen LogP contribution in [0, 0.1) is 5.92 Å². The first-order chi connectivity index (χ1) is 14.6. The predicted molar refractivity (Wildman–Crippen MR) is 121 cm³/mol. The lowest BCUT2D eigenvalue weighted by Crippen LogP contribution is -2.36. The minimum atomic E-state index is -3.98. The van der Waals surface area contributed by atoms with Crippen molar-refractivity contribution in [3.05, 3.63) is 54.1 Å². The topological polar surface area (TPSA) is 76.2 Å². The van der Waals surface area contributed by atoms with Crippen LogP contribution in [0.2, 0.25) is 0 Å². The molecule has 31 heavy (non-hydrogen) atoms. The summed E-state index contributed by atoms with van der Waals surface area (Å²) in [6.07, 6.45) is 0.468. The predicted octanol–water partition coefficient (Wildman–Crippen LogP) is 3.40. The quantitative estimate of drug-likeness (QED) is 0.491. The molecule has 0 spiro atoms. The molecule has 2 rings (SSSR count). The van der Waals surface area contributed by atoms with Crippen molar-refractivity contribution in [2.45, 2.75) is 31.7 Å². The number of nitrogens with zero attached hydrogens (tertiary/aromatic N) is 2. The van der Waals surface area contributed by atoms with Gasteiger partial charge in [0.1, 0.15) is 16.4 Å². The molecule has 0 aliphatic heterocycles. The molecule has 2 aromatic rings. The third kappa shape index (κ3) is 7.88. The van der Waals surface area contributed by atoms with Gasteiger partial charge in [0, 0.05) is 26.1 Å². The summed E-state index contributed by atoms with van der Waals surface area (Å²) in [5.41, 5.74) is 0.804. The maximum absolute atomic E-state index is 12.7. The molecule has 0 heterocycles. The normalized spacial score (nSPS) is 11.6. The van der Waals surface area contributed by atoms with Gasteiger partial charge in [0.15, 0.2) is 0 Å². The fourth-order valence-corrected chi connectivity index (χ4v) is 3.85. The summed E-state index contributed by atoms with van der Waals surface area (Å²) < 4.78 is 35.6. The Kier molecular flexibility index (Phi) is 8.88. The average Bonchev–Trinajstić information content (AvgIpc) is 2.70. The van der Waals surface area contributed by atoms with Crippen molar-refractivity contribution in [1.29, 1.82) is 0 Å². The average molecular weight is 449 g/mol. The Morgan fingerprint density at radius 1 is 1.00 bits per heavy atom. The molecule has 0 saturated heterocycles. The first-order valence-electron chi connectivity index (χ1n) is 10.2. The van der Waals surface area contributed by atoms with E-state index in [4.69, 9.17) is 8.92 Å². The highest BCUT2D eigenvalue weighted by Gasteiger charge is 2.19. The third-order valence-corrected chi connectivity index (χ3v) is 5.84. The van der Waals surface area contributed by atoms with Crippen LogP contribution < -0.4 is 8.92 Å². The number of amides is 1. The van der Waals surface area contributed by atoms with Crippen LogP contribution >= 0.6 is 0 Å². The van der Waals surface area contributed by atoms with Crippen molar-refractivity contribution in [1.82, 2.24) is 9.80 Å². The molecule has 0 N–H and O–H groups in total. The van der Waals surface area contributed by atoms with Crippen molar-refractivity contribution in [3.8, 4) is 11.5 Å². The summed E-state index contributed by atoms with van der Waals surface area (Å²) >= 11 is 0. The van der Waals surface area contributed by atoms with Crippen LogP contribution in [0.15, 0.2) is 53.4 Å². The molecule has 0 saturated carbocycles. The van der Waals surface area contributed by atoms with Gasteiger partial charge in [-0.15, -0.1) is 0 Å². The molecule has 0 radical (unpaired) electrons. The number of ether oxygens (including phenoxy) is 1. The monoisotopic (exact) mass is 448 g/mol. The molecule has 8 heteroatoms. The number of likely N-dealkylation sites (N-methyl/N-ethyl adjacent to an activating group) is 1. The van der Waals surface area contributed by atoms with E-state index in [1.165, 1.54) is 19.2 Å². The van der Waals surface area contributed by atoms with E-state index < -0.39 is 10.1 Å². The van der Waals surface area contributed by atoms with Crippen LogP contribution in [0.5, 0.6) is 11.5 Å². The molecule has 0 atom stereocenters. The molecule has 170 valence electrons. The van der Waals surface area contributed by atoms with Gasteiger partial charge in [0.25, 0.3) is 0 Å². The van der Waals surface area contributed by atoms with E-state index in [9.17, 15) is 13.2 Å². The minimum absolute atomic E-state index is 0.0402. The van der Waals surface area contributed by atoms with E-state index in [0.717, 1.165) is 12.1 Å². The molecule has 0 aliphatic carbocycles. The first kappa shape index (κ1) is 24.7. The van der Waals surface area contributed by atoms with E-state index in [1.54, 1.807) is 35.2 Å². The van der Waals surface area contributed by atoms with Gasteiger partial charge in [0.05, 0.1) is 7.11 Å². The maximum Gasteiger partial charge on any atom is 0.339 e. The minimum Gasteiger partial charge on any atom is -0.497 e. The fourth-order valence-electron chi connectivity index (χ4n) is 2.92. The number of rotatable bonds is 11. The Morgan fingerprint density at radius 2 is 1.68 bits per heavy atom. The summed E-state index contributed by atoms with van der Waals surface area (Å²) in [4.78, 5) is 16.6. The van der Waals surface area contributed by atoms with Crippen LogP contribution in [-0.2, 0) is 21.5 Å². The Labute approximate surface area is 185 Å². The Hall–Kier alpha value is -2.58. The van der Waals surface area contributed by atoms with E-state index in [0.29, 0.717) is 25.3 Å². The van der Waals surface area contributed by atoms with Crippen molar-refractivity contribution in [2.75, 3.05) is 34.3 Å². The zero-order valence-electron chi connectivity index (χ0n) is 18.9. The van der Waals surface area contributed by atoms with Crippen molar-refractivity contribution in [3.63, 3.8) is 0 Å². The lowest BCUT2D eigenvalue weighted by Gasteiger charge is -2.25. The Bertz CT molecular complexity index is 956. The second-order valence-electron chi connectivity index (χ2n) is 8.08. The van der Waals surface area contributed by atoms with Crippen molar-refractivity contribution in [2.24, 2.45) is 5.92 Å². The molecule has 0 aliphatic rings. The standard InChI is InChI=1S/C23H32N2O5S/c1-18(2)15-23(26)25(14-13-24(3)4)17-19-7-6-8-21(16-19)30-31(27,28)22-11-9-20(29-5)10-12-22/h6-12,16,18H,13-15,17H2,1-5H3. The molecule has 1 amide bonds. The van der Waals surface area contributed by atoms with Gasteiger partial charge in [-0.1, -0.05) is 26.0 Å². The first-order valence-corrected chi connectivity index (χ1v) is 11.6. The lowest BCUT2D eigenvalue weighted by molar-refractivity contribution is -0.132. The second-order valence-corrected chi connectivity index (χ2v) is 9.62. The van der Waals surface area contributed by atoms with Crippen molar-refractivity contribution < 1.29 is 22.1 Å². The van der Waals surface area contributed by atoms with E-state index in [-0.39, 0.29) is 22.5 Å². The lowest BCUT2D eigenvalue weighted by atomic mass is 10.1. The Morgan fingerprint density at radius 3 is 2.26 bits per heavy atom. The van der Waals surface area contributed by atoms with Crippen LogP contribution in [-0.4, -0.2) is 58.4 Å². The zero-order valence-corrected chi connectivity index (χ0v) is 19.7. The number of hydrogen-bond donors (Lipinski definition) is 0. The highest BCUT2D eigenvalue weighted by Crippen LogP contribution is 2.22. The highest BCUT2D eigenvalue weighted by molar-refractivity contribution is 7.87. The van der Waals surface area contributed by atoms with Gasteiger partial charge in [-0.2, -0.15) is 8.42 Å². The van der Waals surface area contributed by atoms with Gasteiger partial charge in [-0.3, -0.25) is 4.79 Å². The summed E-state index contributed by atoms with van der Waals surface area (Å²) in [6.45, 7) is 5.75. The molecule has 0 aromatic heterocycles. The third-order valence-electron chi connectivity index (χ3n) is 4.58. The van der Waals surface area contributed by atoms with Crippen LogP contribution in [0.1, 0.15) is 25.8 Å². The number of benzene rings is 2. The summed E-state index contributed by atoms with van der Waals surface area (Å²) in [7, 11) is 1.46. The smallest absolute Gasteiger partial charge is 0.339 e. The molecular weight excluding hydrogens is 416 g/mol. The molecule has 7 nitrogen and oxygen atoms in total. The van der Waals surface area contributed by atoms with Crippen molar-refractivity contribution >= 4 is 16.0 Å². The molecular formula is C23H32N2O5S.